The molecule has 0 heterocycles. The molecular formula is C32H45NO2. The molecule has 4 aliphatic rings. The fourth-order valence-corrected chi connectivity index (χ4v) is 8.88. The molecular weight excluding hydrogens is 430 g/mol. The molecule has 0 saturated heterocycles. The van der Waals surface area contributed by atoms with E-state index in [0.717, 1.165) is 31.4 Å². The summed E-state index contributed by atoms with van der Waals surface area (Å²) < 4.78 is 0. The lowest BCUT2D eigenvalue weighted by Gasteiger charge is -2.59. The minimum Gasteiger partial charge on any atom is -0.393 e. The van der Waals surface area contributed by atoms with Crippen molar-refractivity contribution >= 4 is 11.6 Å². The summed E-state index contributed by atoms with van der Waals surface area (Å²) in [6.07, 6.45) is 11.9. The van der Waals surface area contributed by atoms with Gasteiger partial charge in [-0.3, -0.25) is 4.79 Å². The van der Waals surface area contributed by atoms with E-state index < -0.39 is 0 Å². The zero-order valence-corrected chi connectivity index (χ0v) is 22.5. The van der Waals surface area contributed by atoms with Crippen molar-refractivity contribution < 1.29 is 9.90 Å². The van der Waals surface area contributed by atoms with E-state index in [9.17, 15) is 9.90 Å². The van der Waals surface area contributed by atoms with Gasteiger partial charge in [0.1, 0.15) is 0 Å². The van der Waals surface area contributed by atoms with Crippen molar-refractivity contribution in [1.29, 1.82) is 0 Å². The molecule has 190 valence electrons. The Bertz CT molecular complexity index is 1040. The molecule has 0 radical (unpaired) electrons. The van der Waals surface area contributed by atoms with Crippen molar-refractivity contribution in [3.8, 4) is 0 Å². The average molecular weight is 476 g/mol. The van der Waals surface area contributed by atoms with Gasteiger partial charge in [-0.2, -0.15) is 0 Å². The molecule has 0 bridgehead atoms. The van der Waals surface area contributed by atoms with Crippen LogP contribution >= 0.6 is 0 Å². The number of fused-ring (bicyclic) bond motifs is 4. The largest absolute Gasteiger partial charge is 0.393 e. The van der Waals surface area contributed by atoms with Gasteiger partial charge in [-0.25, -0.2) is 0 Å². The first-order chi connectivity index (χ1) is 16.6. The highest BCUT2D eigenvalue weighted by Gasteiger charge is 2.57. The lowest BCUT2D eigenvalue weighted by Crippen LogP contribution is -2.53. The van der Waals surface area contributed by atoms with Gasteiger partial charge in [-0.1, -0.05) is 64.5 Å². The van der Waals surface area contributed by atoms with Crippen LogP contribution in [0.2, 0.25) is 0 Å². The maximum absolute atomic E-state index is 12.6. The number of aliphatic hydroxyl groups is 1. The predicted octanol–water partition coefficient (Wildman–Crippen LogP) is 7.68. The first-order valence-corrected chi connectivity index (χ1v) is 14.0. The van der Waals surface area contributed by atoms with Gasteiger partial charge in [-0.05, 0) is 109 Å². The van der Waals surface area contributed by atoms with Gasteiger partial charge in [0.05, 0.1) is 6.10 Å². The van der Waals surface area contributed by atoms with Gasteiger partial charge in [0.25, 0.3) is 0 Å². The normalized spacial score (nSPS) is 36.5. The molecule has 3 heteroatoms. The van der Waals surface area contributed by atoms with Crippen molar-refractivity contribution in [1.82, 2.24) is 0 Å². The van der Waals surface area contributed by atoms with Crippen molar-refractivity contribution in [2.24, 2.45) is 34.0 Å². The van der Waals surface area contributed by atoms with E-state index in [1.165, 1.54) is 25.7 Å². The molecule has 2 N–H and O–H groups in total. The maximum atomic E-state index is 12.6. The molecule has 4 aliphatic carbocycles. The van der Waals surface area contributed by atoms with Crippen LogP contribution in [0, 0.1) is 34.0 Å². The van der Waals surface area contributed by atoms with Crippen LogP contribution in [-0.4, -0.2) is 17.1 Å². The molecule has 0 unspecified atom stereocenters. The van der Waals surface area contributed by atoms with Crippen LogP contribution in [0.3, 0.4) is 0 Å². The molecule has 35 heavy (non-hydrogen) atoms. The molecule has 1 fully saturated rings. The fraction of sp³-hybridized carbons (Fsp3) is 0.656. The summed E-state index contributed by atoms with van der Waals surface area (Å²) in [5.74, 6) is 1.84. The topological polar surface area (TPSA) is 49.3 Å². The lowest BCUT2D eigenvalue weighted by atomic mass is 9.46. The van der Waals surface area contributed by atoms with Gasteiger partial charge in [0.15, 0.2) is 0 Å². The summed E-state index contributed by atoms with van der Waals surface area (Å²) >= 11 is 0. The second-order valence-electron chi connectivity index (χ2n) is 13.1. The Morgan fingerprint density at radius 1 is 1.06 bits per heavy atom. The summed E-state index contributed by atoms with van der Waals surface area (Å²) in [6.45, 7) is 12.0. The molecule has 1 amide bonds. The summed E-state index contributed by atoms with van der Waals surface area (Å²) in [5, 5.41) is 13.8. The highest BCUT2D eigenvalue weighted by atomic mass is 16.3. The third-order valence-corrected chi connectivity index (χ3v) is 11.0. The summed E-state index contributed by atoms with van der Waals surface area (Å²) in [4.78, 5) is 12.6. The van der Waals surface area contributed by atoms with Gasteiger partial charge in [-0.15, -0.1) is 0 Å². The molecule has 0 aliphatic heterocycles. The van der Waals surface area contributed by atoms with Crippen molar-refractivity contribution in [3.63, 3.8) is 0 Å². The van der Waals surface area contributed by atoms with Crippen LogP contribution in [0.5, 0.6) is 0 Å². The van der Waals surface area contributed by atoms with Crippen LogP contribution in [0.25, 0.3) is 0 Å². The number of rotatable bonds is 5. The average Bonchev–Trinajstić information content (AvgIpc) is 3.18. The Hall–Kier alpha value is -1.87. The number of nitrogens with one attached hydrogen (secondary N) is 1. The number of carbonyl (C=O) groups is 1. The van der Waals surface area contributed by atoms with Gasteiger partial charge < -0.3 is 10.4 Å². The zero-order valence-electron chi connectivity index (χ0n) is 22.5. The third kappa shape index (κ3) is 4.02. The Kier molecular flexibility index (Phi) is 6.31. The molecule has 6 atom stereocenters. The van der Waals surface area contributed by atoms with Crippen LogP contribution in [-0.2, 0) is 4.79 Å². The van der Waals surface area contributed by atoms with Gasteiger partial charge in [0.2, 0.25) is 5.91 Å². The molecule has 3 nitrogen and oxygen atoms in total. The predicted molar refractivity (Wildman–Crippen MR) is 144 cm³/mol. The van der Waals surface area contributed by atoms with E-state index >= 15 is 0 Å². The highest BCUT2D eigenvalue weighted by Crippen LogP contribution is 2.66. The van der Waals surface area contributed by atoms with Crippen LogP contribution in [0.15, 0.2) is 53.1 Å². The highest BCUT2D eigenvalue weighted by molar-refractivity contribution is 5.90. The molecule has 5 rings (SSSR count). The third-order valence-electron chi connectivity index (χ3n) is 11.0. The first kappa shape index (κ1) is 24.8. The molecule has 0 spiro atoms. The summed E-state index contributed by atoms with van der Waals surface area (Å²) in [5.41, 5.74) is 6.41. The smallest absolute Gasteiger partial charge is 0.224 e. The molecule has 1 aromatic rings. The Morgan fingerprint density at radius 3 is 2.54 bits per heavy atom. The summed E-state index contributed by atoms with van der Waals surface area (Å²) in [6, 6.07) is 9.79. The fourth-order valence-electron chi connectivity index (χ4n) is 8.88. The Balaban J connectivity index is 1.30. The number of para-hydroxylation sites is 1. The zero-order chi connectivity index (χ0) is 25.0. The Labute approximate surface area is 212 Å². The number of hydrogen-bond donors (Lipinski definition) is 2. The van der Waals surface area contributed by atoms with Gasteiger partial charge >= 0.3 is 0 Å². The SMILES string of the molecule is C[C@H](CCC(=O)Nc1ccccc1)[C@H]1CC=C2C3=C(CC[C@@]21C)[C@@]1(C)CC[C@H](O)C(C)(C)[C@@H]1CC3. The minimum atomic E-state index is -0.174. The van der Waals surface area contributed by atoms with E-state index in [0.29, 0.717) is 24.2 Å². The van der Waals surface area contributed by atoms with E-state index in [2.05, 4.69) is 46.0 Å². The van der Waals surface area contributed by atoms with E-state index in [4.69, 9.17) is 0 Å². The lowest BCUT2D eigenvalue weighted by molar-refractivity contribution is -0.116. The molecule has 0 aromatic heterocycles. The van der Waals surface area contributed by atoms with Crippen molar-refractivity contribution in [2.75, 3.05) is 5.32 Å². The number of aliphatic hydroxyl groups excluding tert-OH is 1. The monoisotopic (exact) mass is 475 g/mol. The molecule has 1 saturated carbocycles. The standard InChI is InChI=1S/C32H45NO2/c1-21(11-16-29(35)33-22-9-7-6-8-10-22)24-13-14-25-23-12-15-27-30(2,3)28(34)18-20-32(27,5)26(23)17-19-31(24,25)4/h6-10,14,21,24,27-28,34H,11-13,15-20H2,1-5H3,(H,33,35)/t21-,24-,27+,28+,31-,32-/m1/s1. The number of allylic oxidation sites excluding steroid dienone is 4. The van der Waals surface area contributed by atoms with Crippen LogP contribution in [0.1, 0.15) is 92.4 Å². The van der Waals surface area contributed by atoms with E-state index in [-0.39, 0.29) is 28.3 Å². The van der Waals surface area contributed by atoms with Crippen molar-refractivity contribution in [2.45, 2.75) is 98.5 Å². The van der Waals surface area contributed by atoms with E-state index in [1.54, 1.807) is 16.7 Å². The van der Waals surface area contributed by atoms with Crippen molar-refractivity contribution in [3.05, 3.63) is 53.1 Å². The summed E-state index contributed by atoms with van der Waals surface area (Å²) in [7, 11) is 0. The second kappa shape index (κ2) is 8.91. The minimum absolute atomic E-state index is 0.00624. The number of benzene rings is 1. The Morgan fingerprint density at radius 2 is 1.80 bits per heavy atom. The molecule has 1 aromatic carbocycles. The number of amides is 1. The van der Waals surface area contributed by atoms with Crippen LogP contribution in [0.4, 0.5) is 5.69 Å². The van der Waals surface area contributed by atoms with Gasteiger partial charge in [0, 0.05) is 12.1 Å². The number of anilines is 1. The maximum Gasteiger partial charge on any atom is 0.224 e. The second-order valence-corrected chi connectivity index (χ2v) is 13.1. The first-order valence-electron chi connectivity index (χ1n) is 14.0. The number of hydrogen-bond acceptors (Lipinski definition) is 2. The quantitative estimate of drug-likeness (QED) is 0.459. The number of carbonyl (C=O) groups excluding carboxylic acids is 1. The van der Waals surface area contributed by atoms with Crippen LogP contribution < -0.4 is 5.32 Å². The van der Waals surface area contributed by atoms with E-state index in [1.807, 2.05) is 30.3 Å².